The quantitative estimate of drug-likeness (QED) is 0.433. The Morgan fingerprint density at radius 2 is 2.10 bits per heavy atom. The van der Waals surface area contributed by atoms with Gasteiger partial charge in [0.15, 0.2) is 0 Å². The molecule has 4 N–H and O–H groups in total. The summed E-state index contributed by atoms with van der Waals surface area (Å²) in [6.45, 7) is -0.346. The van der Waals surface area contributed by atoms with Crippen molar-refractivity contribution in [3.05, 3.63) is 0 Å². The summed E-state index contributed by atoms with van der Waals surface area (Å²) < 4.78 is 24.5. The van der Waals surface area contributed by atoms with Crippen LogP contribution in [0.25, 0.3) is 0 Å². The van der Waals surface area contributed by atoms with E-state index in [0.29, 0.717) is 0 Å². The molecule has 0 aliphatic heterocycles. The van der Waals surface area contributed by atoms with Crippen molar-refractivity contribution in [2.45, 2.75) is 0 Å². The summed E-state index contributed by atoms with van der Waals surface area (Å²) in [7, 11) is -2.47. The van der Waals surface area contributed by atoms with Gasteiger partial charge >= 0.3 is 10.2 Å². The molecule has 0 heterocycles. The summed E-state index contributed by atoms with van der Waals surface area (Å²) in [5.74, 6) is -0.741. The van der Waals surface area contributed by atoms with Crippen molar-refractivity contribution in [3.8, 4) is 0 Å². The minimum absolute atomic E-state index is 0.346. The van der Waals surface area contributed by atoms with E-state index in [2.05, 4.69) is 0 Å². The van der Waals surface area contributed by atoms with Gasteiger partial charge in [-0.25, -0.2) is 9.44 Å². The molecule has 0 fully saturated rings. The van der Waals surface area contributed by atoms with Gasteiger partial charge in [-0.05, 0) is 0 Å². The number of hydrogen-bond donors (Lipinski definition) is 3. The van der Waals surface area contributed by atoms with Gasteiger partial charge in [0, 0.05) is 7.05 Å². The number of amides is 1. The van der Waals surface area contributed by atoms with Crippen molar-refractivity contribution >= 4 is 16.1 Å². The molecule has 0 radical (unpaired) electrons. The summed E-state index contributed by atoms with van der Waals surface area (Å²) in [5, 5.41) is 0. The highest BCUT2D eigenvalue weighted by Crippen LogP contribution is 1.71. The molecule has 60 valence electrons. The molecule has 0 aromatic carbocycles. The lowest BCUT2D eigenvalue weighted by Crippen LogP contribution is -2.41. The maximum atomic E-state index is 10.5. The van der Waals surface area contributed by atoms with Crippen LogP contribution in [-0.4, -0.2) is 27.9 Å². The Kier molecular flexibility index (Phi) is 3.26. The van der Waals surface area contributed by atoms with Crippen molar-refractivity contribution in [3.63, 3.8) is 0 Å². The summed E-state index contributed by atoms with van der Waals surface area (Å²) in [6, 6.07) is 0. The molecule has 0 spiro atoms. The fourth-order valence-electron chi connectivity index (χ4n) is 0.243. The topological polar surface area (TPSA) is 101 Å². The van der Waals surface area contributed by atoms with Gasteiger partial charge in [-0.3, -0.25) is 4.79 Å². The fourth-order valence-corrected chi connectivity index (χ4v) is 0.728. The first-order chi connectivity index (χ1) is 4.52. The minimum Gasteiger partial charge on any atom is -0.322 e. The zero-order valence-electron chi connectivity index (χ0n) is 5.42. The Hall–Kier alpha value is -0.660. The lowest BCUT2D eigenvalue weighted by atomic mass is 10.7. The van der Waals surface area contributed by atoms with E-state index in [1.54, 1.807) is 4.72 Å². The Balaban J connectivity index is 4.03. The van der Waals surface area contributed by atoms with Crippen LogP contribution in [0, 0.1) is 0 Å². The van der Waals surface area contributed by atoms with Crippen LogP contribution in [0.3, 0.4) is 0 Å². The standard InChI is InChI=1S/C3H9N3O3S/c1-5-10(8,9)6-3(7)2-4/h5H,2,4H2,1H3,(H,6,7). The smallest absolute Gasteiger partial charge is 0.301 e. The molecule has 0 aromatic heterocycles. The maximum absolute atomic E-state index is 10.5. The zero-order valence-corrected chi connectivity index (χ0v) is 6.23. The molecule has 0 aliphatic rings. The van der Waals surface area contributed by atoms with E-state index in [1.807, 2.05) is 4.72 Å². The van der Waals surface area contributed by atoms with Crippen molar-refractivity contribution in [1.82, 2.24) is 9.44 Å². The number of rotatable bonds is 3. The third-order valence-electron chi connectivity index (χ3n) is 0.702. The third-order valence-corrected chi connectivity index (χ3v) is 1.74. The first-order valence-electron chi connectivity index (χ1n) is 2.46. The van der Waals surface area contributed by atoms with Gasteiger partial charge < -0.3 is 5.73 Å². The molecule has 0 saturated carbocycles. The first-order valence-corrected chi connectivity index (χ1v) is 3.94. The van der Waals surface area contributed by atoms with E-state index in [-0.39, 0.29) is 6.54 Å². The molecule has 7 heteroatoms. The summed E-state index contributed by atoms with van der Waals surface area (Å²) in [4.78, 5) is 10.3. The van der Waals surface area contributed by atoms with Crippen molar-refractivity contribution in [1.29, 1.82) is 0 Å². The molecule has 0 unspecified atom stereocenters. The van der Waals surface area contributed by atoms with E-state index >= 15 is 0 Å². The van der Waals surface area contributed by atoms with E-state index in [1.165, 1.54) is 7.05 Å². The van der Waals surface area contributed by atoms with E-state index in [4.69, 9.17) is 5.73 Å². The average Bonchev–Trinajstić information content (AvgIpc) is 1.87. The molecule has 6 nitrogen and oxygen atoms in total. The number of carbonyl (C=O) groups is 1. The van der Waals surface area contributed by atoms with E-state index < -0.39 is 16.1 Å². The monoisotopic (exact) mass is 167 g/mol. The molecule has 0 aliphatic carbocycles. The van der Waals surface area contributed by atoms with Crippen molar-refractivity contribution in [2.75, 3.05) is 13.6 Å². The van der Waals surface area contributed by atoms with Gasteiger partial charge in [0.2, 0.25) is 5.91 Å². The molecule has 0 bridgehead atoms. The van der Waals surface area contributed by atoms with Gasteiger partial charge in [-0.2, -0.15) is 8.42 Å². The van der Waals surface area contributed by atoms with Crippen LogP contribution >= 0.6 is 0 Å². The second-order valence-electron chi connectivity index (χ2n) is 1.44. The largest absolute Gasteiger partial charge is 0.322 e. The highest BCUT2D eigenvalue weighted by atomic mass is 32.2. The number of nitrogens with two attached hydrogens (primary N) is 1. The predicted octanol–water partition coefficient (Wildman–Crippen LogP) is -2.47. The van der Waals surface area contributed by atoms with Crippen LogP contribution in [0.4, 0.5) is 0 Å². The Morgan fingerprint density at radius 1 is 1.60 bits per heavy atom. The average molecular weight is 167 g/mol. The summed E-state index contributed by atoms with van der Waals surface area (Å²) in [6.07, 6.45) is 0. The summed E-state index contributed by atoms with van der Waals surface area (Å²) in [5.41, 5.74) is 4.83. The lowest BCUT2D eigenvalue weighted by Gasteiger charge is -2.01. The minimum atomic E-state index is -3.66. The van der Waals surface area contributed by atoms with Gasteiger partial charge in [0.05, 0.1) is 6.54 Å². The highest BCUT2D eigenvalue weighted by molar-refractivity contribution is 7.88. The van der Waals surface area contributed by atoms with Crippen LogP contribution in [0.15, 0.2) is 0 Å². The lowest BCUT2D eigenvalue weighted by molar-refractivity contribution is -0.118. The van der Waals surface area contributed by atoms with E-state index in [9.17, 15) is 13.2 Å². The molecule has 1 amide bonds. The number of carbonyl (C=O) groups excluding carboxylic acids is 1. The second kappa shape index (κ2) is 3.49. The molecule has 0 aromatic rings. The Bertz CT molecular complexity index is 209. The molecule has 0 atom stereocenters. The van der Waals surface area contributed by atoms with Crippen LogP contribution in [-0.2, 0) is 15.0 Å². The molecule has 0 rings (SSSR count). The Labute approximate surface area is 59.0 Å². The van der Waals surface area contributed by atoms with Crippen LogP contribution in [0.2, 0.25) is 0 Å². The Morgan fingerprint density at radius 3 is 2.40 bits per heavy atom. The van der Waals surface area contributed by atoms with Crippen LogP contribution in [0.1, 0.15) is 0 Å². The molecular weight excluding hydrogens is 158 g/mol. The number of hydrogen-bond acceptors (Lipinski definition) is 4. The van der Waals surface area contributed by atoms with Gasteiger partial charge in [0.25, 0.3) is 0 Å². The number of nitrogens with one attached hydrogen (secondary N) is 2. The second-order valence-corrected chi connectivity index (χ2v) is 3.06. The fraction of sp³-hybridized carbons (Fsp3) is 0.667. The van der Waals surface area contributed by atoms with Crippen molar-refractivity contribution in [2.24, 2.45) is 5.73 Å². The summed E-state index contributed by atoms with van der Waals surface area (Å²) >= 11 is 0. The SMILES string of the molecule is CNS(=O)(=O)NC(=O)CN. The normalized spacial score (nSPS) is 11.0. The molecule has 0 saturated heterocycles. The highest BCUT2D eigenvalue weighted by Gasteiger charge is 2.08. The van der Waals surface area contributed by atoms with Gasteiger partial charge in [0.1, 0.15) is 0 Å². The molecular formula is C3H9N3O3S. The molecule has 10 heavy (non-hydrogen) atoms. The zero-order chi connectivity index (χ0) is 8.20. The third kappa shape index (κ3) is 3.38. The van der Waals surface area contributed by atoms with Crippen molar-refractivity contribution < 1.29 is 13.2 Å². The first kappa shape index (κ1) is 9.34. The predicted molar refractivity (Wildman–Crippen MR) is 35.2 cm³/mol. The van der Waals surface area contributed by atoms with Gasteiger partial charge in [-0.15, -0.1) is 0 Å². The maximum Gasteiger partial charge on any atom is 0.301 e. The van der Waals surface area contributed by atoms with Crippen LogP contribution in [0.5, 0.6) is 0 Å². The van der Waals surface area contributed by atoms with E-state index in [0.717, 1.165) is 0 Å². The van der Waals surface area contributed by atoms with Gasteiger partial charge in [-0.1, -0.05) is 0 Å². The van der Waals surface area contributed by atoms with Crippen LogP contribution < -0.4 is 15.2 Å².